The standard InChI is InChI=1S/C16H18N2O3S/c1-4-21-16(19)13-10(3)18-15(22-5-2)12(8-17)14(13)11-6-7-20-9-11/h6-7,9,13-14H,4-5H2,1-3H3/t13?,14-/m1/s1. The topological polar surface area (TPSA) is 75.6 Å². The summed E-state index contributed by atoms with van der Waals surface area (Å²) in [5.74, 6) is -0.551. The molecule has 0 saturated heterocycles. The Morgan fingerprint density at radius 1 is 1.55 bits per heavy atom. The van der Waals surface area contributed by atoms with Gasteiger partial charge in [0.1, 0.15) is 10.9 Å². The number of aliphatic imine (C=N–C) groups is 1. The van der Waals surface area contributed by atoms with E-state index in [0.717, 1.165) is 11.3 Å². The lowest BCUT2D eigenvalue weighted by Crippen LogP contribution is -2.34. The number of rotatable bonds is 5. The number of hydrogen-bond acceptors (Lipinski definition) is 6. The highest BCUT2D eigenvalue weighted by Crippen LogP contribution is 2.42. The van der Waals surface area contributed by atoms with E-state index in [1.54, 1.807) is 32.4 Å². The van der Waals surface area contributed by atoms with E-state index in [1.165, 1.54) is 11.8 Å². The van der Waals surface area contributed by atoms with Crippen LogP contribution in [0.5, 0.6) is 0 Å². The number of carbonyl (C=O) groups is 1. The Morgan fingerprint density at radius 2 is 2.32 bits per heavy atom. The molecule has 1 aliphatic rings. The first kappa shape index (κ1) is 16.4. The molecule has 1 unspecified atom stereocenters. The van der Waals surface area contributed by atoms with Gasteiger partial charge in [-0.1, -0.05) is 6.92 Å². The Morgan fingerprint density at radius 3 is 2.86 bits per heavy atom. The second kappa shape index (κ2) is 7.32. The summed E-state index contributed by atoms with van der Waals surface area (Å²) < 4.78 is 10.3. The van der Waals surface area contributed by atoms with E-state index in [9.17, 15) is 10.1 Å². The number of hydrogen-bond donors (Lipinski definition) is 0. The third-order valence-electron chi connectivity index (χ3n) is 3.45. The van der Waals surface area contributed by atoms with Gasteiger partial charge in [-0.3, -0.25) is 4.79 Å². The maximum atomic E-state index is 12.4. The fraction of sp³-hybridized carbons (Fsp3) is 0.438. The second-order valence-electron chi connectivity index (χ2n) is 4.78. The number of furan rings is 1. The maximum absolute atomic E-state index is 12.4. The lowest BCUT2D eigenvalue weighted by atomic mass is 9.78. The van der Waals surface area contributed by atoms with Crippen molar-refractivity contribution in [3.05, 3.63) is 34.8 Å². The summed E-state index contributed by atoms with van der Waals surface area (Å²) in [6, 6.07) is 4.01. The van der Waals surface area contributed by atoms with E-state index >= 15 is 0 Å². The molecule has 0 bridgehead atoms. The van der Waals surface area contributed by atoms with Crippen LogP contribution in [0.4, 0.5) is 0 Å². The fourth-order valence-electron chi connectivity index (χ4n) is 2.54. The molecule has 22 heavy (non-hydrogen) atoms. The van der Waals surface area contributed by atoms with Crippen LogP contribution < -0.4 is 0 Å². The number of nitrogens with zero attached hydrogens (tertiary/aromatic N) is 2. The molecule has 1 aromatic rings. The normalized spacial score (nSPS) is 21.3. The Kier molecular flexibility index (Phi) is 5.45. The van der Waals surface area contributed by atoms with Gasteiger partial charge in [-0.05, 0) is 31.2 Å². The van der Waals surface area contributed by atoms with E-state index in [2.05, 4.69) is 11.1 Å². The van der Waals surface area contributed by atoms with Gasteiger partial charge in [-0.15, -0.1) is 11.8 Å². The van der Waals surface area contributed by atoms with Crippen LogP contribution in [0.2, 0.25) is 0 Å². The minimum Gasteiger partial charge on any atom is -0.472 e. The van der Waals surface area contributed by atoms with Crippen molar-refractivity contribution in [2.45, 2.75) is 26.7 Å². The molecule has 2 heterocycles. The number of esters is 1. The van der Waals surface area contributed by atoms with E-state index in [4.69, 9.17) is 9.15 Å². The average Bonchev–Trinajstić information content (AvgIpc) is 3.01. The number of allylic oxidation sites excluding steroid dienone is 1. The highest BCUT2D eigenvalue weighted by Gasteiger charge is 2.40. The summed E-state index contributed by atoms with van der Waals surface area (Å²) in [5, 5.41) is 10.3. The SMILES string of the molecule is CCOC(=O)C1C(C)=NC(SCC)=C(C#N)[C@H]1c1ccoc1. The molecule has 0 amide bonds. The first-order valence-corrected chi connectivity index (χ1v) is 8.13. The number of ether oxygens (including phenoxy) is 1. The van der Waals surface area contributed by atoms with Crippen molar-refractivity contribution in [2.24, 2.45) is 10.9 Å². The fourth-order valence-corrected chi connectivity index (χ4v) is 3.35. The Bertz CT molecular complexity index is 641. The number of carbonyl (C=O) groups excluding carboxylic acids is 1. The molecule has 0 N–H and O–H groups in total. The summed E-state index contributed by atoms with van der Waals surface area (Å²) in [5.41, 5.74) is 1.95. The van der Waals surface area contributed by atoms with Gasteiger partial charge in [-0.25, -0.2) is 4.99 Å². The second-order valence-corrected chi connectivity index (χ2v) is 6.03. The van der Waals surface area contributed by atoms with E-state index in [0.29, 0.717) is 22.9 Å². The molecule has 0 spiro atoms. The Balaban J connectivity index is 2.54. The van der Waals surface area contributed by atoms with E-state index < -0.39 is 11.8 Å². The molecule has 0 saturated carbocycles. The minimum absolute atomic E-state index is 0.295. The number of nitriles is 1. The Hall–Kier alpha value is -2.00. The molecule has 0 aromatic carbocycles. The molecule has 6 heteroatoms. The van der Waals surface area contributed by atoms with Crippen molar-refractivity contribution in [2.75, 3.05) is 12.4 Å². The maximum Gasteiger partial charge on any atom is 0.315 e. The molecule has 2 rings (SSSR count). The van der Waals surface area contributed by atoms with E-state index in [-0.39, 0.29) is 5.97 Å². The zero-order valence-corrected chi connectivity index (χ0v) is 13.6. The molecule has 0 radical (unpaired) electrons. The van der Waals surface area contributed by atoms with Crippen LogP contribution in [0.25, 0.3) is 0 Å². The summed E-state index contributed by atoms with van der Waals surface area (Å²) in [6.07, 6.45) is 3.11. The van der Waals surface area contributed by atoms with Crippen LogP contribution >= 0.6 is 11.8 Å². The van der Waals surface area contributed by atoms with E-state index in [1.807, 2.05) is 6.92 Å². The highest BCUT2D eigenvalue weighted by molar-refractivity contribution is 8.03. The summed E-state index contributed by atoms with van der Waals surface area (Å²) >= 11 is 1.50. The van der Waals surface area contributed by atoms with Crippen LogP contribution in [0.3, 0.4) is 0 Å². The smallest absolute Gasteiger partial charge is 0.315 e. The van der Waals surface area contributed by atoms with Gasteiger partial charge < -0.3 is 9.15 Å². The zero-order chi connectivity index (χ0) is 16.1. The molecule has 2 atom stereocenters. The summed E-state index contributed by atoms with van der Waals surface area (Å²) in [6.45, 7) is 5.86. The monoisotopic (exact) mass is 318 g/mol. The van der Waals surface area contributed by atoms with Crippen LogP contribution in [0.15, 0.2) is 38.6 Å². The molecular weight excluding hydrogens is 300 g/mol. The largest absolute Gasteiger partial charge is 0.472 e. The molecule has 5 nitrogen and oxygen atoms in total. The minimum atomic E-state index is -0.589. The van der Waals surface area contributed by atoms with Crippen molar-refractivity contribution >= 4 is 23.4 Å². The third kappa shape index (κ3) is 3.09. The number of thioether (sulfide) groups is 1. The van der Waals surface area contributed by atoms with Crippen molar-refractivity contribution in [1.29, 1.82) is 5.26 Å². The van der Waals surface area contributed by atoms with Crippen LogP contribution in [-0.4, -0.2) is 24.0 Å². The average molecular weight is 318 g/mol. The van der Waals surface area contributed by atoms with Crippen molar-refractivity contribution < 1.29 is 13.9 Å². The van der Waals surface area contributed by atoms with Crippen molar-refractivity contribution in [3.8, 4) is 6.07 Å². The summed E-state index contributed by atoms with van der Waals surface area (Å²) in [7, 11) is 0. The van der Waals surface area contributed by atoms with Gasteiger partial charge in [0.05, 0.1) is 30.8 Å². The molecule has 116 valence electrons. The molecule has 1 aromatic heterocycles. The zero-order valence-electron chi connectivity index (χ0n) is 12.8. The lowest BCUT2D eigenvalue weighted by Gasteiger charge is -2.29. The quantitative estimate of drug-likeness (QED) is 0.777. The predicted molar refractivity (Wildman–Crippen MR) is 85.5 cm³/mol. The summed E-state index contributed by atoms with van der Waals surface area (Å²) in [4.78, 5) is 16.8. The van der Waals surface area contributed by atoms with Gasteiger partial charge in [0, 0.05) is 11.6 Å². The highest BCUT2D eigenvalue weighted by atomic mass is 32.2. The van der Waals surface area contributed by atoms with Crippen LogP contribution in [-0.2, 0) is 9.53 Å². The van der Waals surface area contributed by atoms with Gasteiger partial charge in [0.15, 0.2) is 0 Å². The molecule has 0 fully saturated rings. The Labute approximate surface area is 134 Å². The predicted octanol–water partition coefficient (Wildman–Crippen LogP) is 3.51. The van der Waals surface area contributed by atoms with Gasteiger partial charge in [0.25, 0.3) is 0 Å². The van der Waals surface area contributed by atoms with Gasteiger partial charge in [-0.2, -0.15) is 5.26 Å². The first-order valence-electron chi connectivity index (χ1n) is 7.14. The van der Waals surface area contributed by atoms with Crippen molar-refractivity contribution in [3.63, 3.8) is 0 Å². The first-order chi connectivity index (χ1) is 10.6. The molecule has 0 aliphatic carbocycles. The van der Waals surface area contributed by atoms with Gasteiger partial charge in [0.2, 0.25) is 0 Å². The van der Waals surface area contributed by atoms with Crippen LogP contribution in [0, 0.1) is 17.2 Å². The molecule has 1 aliphatic heterocycles. The van der Waals surface area contributed by atoms with Crippen LogP contribution in [0.1, 0.15) is 32.3 Å². The van der Waals surface area contributed by atoms with Crippen molar-refractivity contribution in [1.82, 2.24) is 0 Å². The molecular formula is C16H18N2O3S. The third-order valence-corrected chi connectivity index (χ3v) is 4.32. The lowest BCUT2D eigenvalue weighted by molar-refractivity contribution is -0.146. The van der Waals surface area contributed by atoms with Gasteiger partial charge >= 0.3 is 5.97 Å².